The molecule has 14 nitrogen and oxygen atoms in total. The highest BCUT2D eigenvalue weighted by Crippen LogP contribution is 2.27. The van der Waals surface area contributed by atoms with Gasteiger partial charge >= 0.3 is 18.2 Å². The lowest BCUT2D eigenvalue weighted by Crippen LogP contribution is -2.49. The number of ether oxygens (including phenoxy) is 2. The molecular formula is C42H48FN5O9. The lowest BCUT2D eigenvalue weighted by atomic mass is 9.94. The summed E-state index contributed by atoms with van der Waals surface area (Å²) in [5.74, 6) is -3.26. The zero-order valence-corrected chi connectivity index (χ0v) is 32.5. The van der Waals surface area contributed by atoms with Crippen LogP contribution in [-0.4, -0.2) is 76.6 Å². The van der Waals surface area contributed by atoms with Crippen molar-refractivity contribution in [2.24, 2.45) is 11.8 Å². The average molecular weight is 786 g/mol. The van der Waals surface area contributed by atoms with E-state index in [1.54, 1.807) is 47.6 Å². The van der Waals surface area contributed by atoms with E-state index >= 15 is 4.39 Å². The molecule has 1 aromatic heterocycles. The fourth-order valence-corrected chi connectivity index (χ4v) is 6.56. The van der Waals surface area contributed by atoms with E-state index < -0.39 is 46.9 Å². The number of piperazine rings is 1. The Balaban J connectivity index is 1.08. The number of hydrogen-bond acceptors (Lipinski definition) is 9. The topological polar surface area (TPSA) is 177 Å². The molecule has 57 heavy (non-hydrogen) atoms. The van der Waals surface area contributed by atoms with Crippen LogP contribution < -0.4 is 21.0 Å². The van der Waals surface area contributed by atoms with E-state index in [4.69, 9.17) is 9.47 Å². The molecule has 2 atom stereocenters. The standard InChI is InChI=1S/C42H48FN5O9/c1-5-46-23-32(40(52)53)38(50)31-21-33(43)36(22-35(31)46)47-15-17-48(18-16-47)42(55)57-25-29-11-13-30(14-12-29)44-39(51)27(4)20-37(49)34(19-26(2)3)45-41(54)56-24-28-9-7-6-8-10-28/h6-14,21-23,26-27,34H,5,15-20,24-25H2,1-4H3,(H,44,51)(H,45,54)(H,52,53). The van der Waals surface area contributed by atoms with E-state index in [2.05, 4.69) is 10.6 Å². The number of fused-ring (bicyclic) bond motifs is 1. The number of ketones is 1. The SMILES string of the molecule is CCn1cc(C(=O)O)c(=O)c2cc(F)c(N3CCN(C(=O)OCc4ccc(NC(=O)C(C)CC(=O)C(CC(C)C)NC(=O)OCc5ccccc5)cc4)CC3)cc21. The zero-order valence-electron chi connectivity index (χ0n) is 32.5. The molecule has 0 spiro atoms. The minimum Gasteiger partial charge on any atom is -0.477 e. The predicted octanol–water partition coefficient (Wildman–Crippen LogP) is 6.19. The number of halogens is 1. The molecule has 2 heterocycles. The summed E-state index contributed by atoms with van der Waals surface area (Å²) < 4.78 is 27.7. The van der Waals surface area contributed by atoms with Crippen LogP contribution in [0.25, 0.3) is 10.9 Å². The predicted molar refractivity (Wildman–Crippen MR) is 212 cm³/mol. The van der Waals surface area contributed by atoms with Crippen molar-refractivity contribution in [3.63, 3.8) is 0 Å². The van der Waals surface area contributed by atoms with Crippen molar-refractivity contribution < 1.29 is 42.9 Å². The van der Waals surface area contributed by atoms with Crippen LogP contribution in [0.4, 0.5) is 25.4 Å². The van der Waals surface area contributed by atoms with Gasteiger partial charge < -0.3 is 39.6 Å². The van der Waals surface area contributed by atoms with Crippen LogP contribution in [0.3, 0.4) is 0 Å². The summed E-state index contributed by atoms with van der Waals surface area (Å²) in [5.41, 5.74) is 1.47. The number of nitrogens with one attached hydrogen (secondary N) is 2. The van der Waals surface area contributed by atoms with E-state index in [-0.39, 0.29) is 61.4 Å². The molecule has 2 unspecified atom stereocenters. The van der Waals surface area contributed by atoms with Crippen molar-refractivity contribution in [3.05, 3.63) is 106 Å². The number of carboxylic acid groups (broad SMARTS) is 1. The van der Waals surface area contributed by atoms with Crippen molar-refractivity contribution in [1.29, 1.82) is 0 Å². The largest absolute Gasteiger partial charge is 0.477 e. The molecule has 5 rings (SSSR count). The Hall–Kier alpha value is -6.25. The number of aromatic carboxylic acids is 1. The number of anilines is 2. The van der Waals surface area contributed by atoms with Gasteiger partial charge in [0.1, 0.15) is 24.6 Å². The van der Waals surface area contributed by atoms with Gasteiger partial charge in [0.05, 0.1) is 17.2 Å². The molecule has 3 amide bonds. The smallest absolute Gasteiger partial charge is 0.410 e. The molecule has 1 aliphatic rings. The summed E-state index contributed by atoms with van der Waals surface area (Å²) in [5, 5.41) is 14.9. The van der Waals surface area contributed by atoms with Gasteiger partial charge in [-0.1, -0.05) is 63.2 Å². The molecule has 302 valence electrons. The Morgan fingerprint density at radius 1 is 0.877 bits per heavy atom. The normalized spacial score (nSPS) is 13.9. The fourth-order valence-electron chi connectivity index (χ4n) is 6.56. The fraction of sp³-hybridized carbons (Fsp3) is 0.381. The van der Waals surface area contributed by atoms with Crippen LogP contribution in [0.1, 0.15) is 62.0 Å². The zero-order chi connectivity index (χ0) is 41.2. The number of benzene rings is 3. The monoisotopic (exact) mass is 785 g/mol. The van der Waals surface area contributed by atoms with Crippen LogP contribution >= 0.6 is 0 Å². The Morgan fingerprint density at radius 3 is 2.16 bits per heavy atom. The molecule has 0 saturated carbocycles. The maximum Gasteiger partial charge on any atom is 0.410 e. The van der Waals surface area contributed by atoms with Crippen molar-refractivity contribution >= 4 is 52.1 Å². The van der Waals surface area contributed by atoms with Crippen LogP contribution in [0.5, 0.6) is 0 Å². The number of rotatable bonds is 15. The molecule has 3 N–H and O–H groups in total. The van der Waals surface area contributed by atoms with Gasteiger partial charge in [0.25, 0.3) is 0 Å². The first-order valence-electron chi connectivity index (χ1n) is 18.9. The summed E-state index contributed by atoms with van der Waals surface area (Å²) in [7, 11) is 0. The number of carbonyl (C=O) groups excluding carboxylic acids is 4. The molecule has 1 aliphatic heterocycles. The second-order valence-corrected chi connectivity index (χ2v) is 14.5. The average Bonchev–Trinajstić information content (AvgIpc) is 3.19. The number of aryl methyl sites for hydroxylation is 1. The van der Waals surface area contributed by atoms with Gasteiger partial charge in [-0.2, -0.15) is 0 Å². The van der Waals surface area contributed by atoms with Crippen molar-refractivity contribution in [2.45, 2.75) is 66.3 Å². The van der Waals surface area contributed by atoms with Crippen molar-refractivity contribution in [1.82, 2.24) is 14.8 Å². The first-order valence-corrected chi connectivity index (χ1v) is 18.9. The van der Waals surface area contributed by atoms with E-state index in [1.165, 1.54) is 17.2 Å². The summed E-state index contributed by atoms with van der Waals surface area (Å²) in [6, 6.07) is 17.7. The van der Waals surface area contributed by atoms with E-state index in [1.807, 2.05) is 44.2 Å². The molecule has 1 fully saturated rings. The number of hydrogen-bond donors (Lipinski definition) is 3. The molecule has 0 radical (unpaired) electrons. The maximum absolute atomic E-state index is 15.3. The van der Waals surface area contributed by atoms with Crippen LogP contribution in [0.2, 0.25) is 0 Å². The van der Waals surface area contributed by atoms with Crippen molar-refractivity contribution in [2.75, 3.05) is 36.4 Å². The quantitative estimate of drug-likeness (QED) is 0.126. The van der Waals surface area contributed by atoms with E-state index in [0.717, 1.165) is 11.6 Å². The summed E-state index contributed by atoms with van der Waals surface area (Å²) >= 11 is 0. The third kappa shape index (κ3) is 11.0. The van der Waals surface area contributed by atoms with Crippen LogP contribution in [-0.2, 0) is 38.8 Å². The highest BCUT2D eigenvalue weighted by Gasteiger charge is 2.28. The Kier molecular flexibility index (Phi) is 14.0. The molecule has 0 bridgehead atoms. The second-order valence-electron chi connectivity index (χ2n) is 14.5. The third-order valence-corrected chi connectivity index (χ3v) is 9.74. The number of carboxylic acids is 1. The minimum atomic E-state index is -1.38. The third-order valence-electron chi connectivity index (χ3n) is 9.74. The van der Waals surface area contributed by atoms with Gasteiger partial charge in [0.15, 0.2) is 5.78 Å². The Morgan fingerprint density at radius 2 is 1.53 bits per heavy atom. The Bertz CT molecular complexity index is 2150. The first-order chi connectivity index (χ1) is 27.2. The lowest BCUT2D eigenvalue weighted by Gasteiger charge is -2.35. The molecule has 3 aromatic carbocycles. The number of alkyl carbamates (subject to hydrolysis) is 1. The number of amides is 3. The number of aromatic nitrogens is 1. The van der Waals surface area contributed by atoms with Gasteiger partial charge in [0, 0.05) is 62.3 Å². The van der Waals surface area contributed by atoms with E-state index in [0.29, 0.717) is 42.8 Å². The summed E-state index contributed by atoms with van der Waals surface area (Å²) in [6.07, 6.45) is 0.324. The Labute approximate surface area is 329 Å². The number of carbonyl (C=O) groups is 5. The molecule has 4 aromatic rings. The van der Waals surface area contributed by atoms with Crippen LogP contribution in [0, 0.1) is 17.7 Å². The first kappa shape index (κ1) is 41.9. The highest BCUT2D eigenvalue weighted by atomic mass is 19.1. The van der Waals surface area contributed by atoms with Gasteiger partial charge in [-0.3, -0.25) is 14.4 Å². The molecule has 1 saturated heterocycles. The maximum atomic E-state index is 15.3. The summed E-state index contributed by atoms with van der Waals surface area (Å²) in [6.45, 7) is 8.84. The van der Waals surface area contributed by atoms with Gasteiger partial charge in [0.2, 0.25) is 11.3 Å². The van der Waals surface area contributed by atoms with E-state index in [9.17, 15) is 33.9 Å². The van der Waals surface area contributed by atoms with Gasteiger partial charge in [-0.15, -0.1) is 0 Å². The minimum absolute atomic E-state index is 0.0164. The number of nitrogens with zero attached hydrogens (tertiary/aromatic N) is 3. The van der Waals surface area contributed by atoms with Gasteiger partial charge in [-0.25, -0.2) is 18.8 Å². The summed E-state index contributed by atoms with van der Waals surface area (Å²) in [4.78, 5) is 79.1. The van der Waals surface area contributed by atoms with Crippen molar-refractivity contribution in [3.8, 4) is 0 Å². The molecule has 0 aliphatic carbocycles. The second kappa shape index (κ2) is 19.1. The molecular weight excluding hydrogens is 737 g/mol. The highest BCUT2D eigenvalue weighted by molar-refractivity contribution is 5.97. The molecule has 15 heteroatoms. The number of pyridine rings is 1. The van der Waals surface area contributed by atoms with Gasteiger partial charge in [-0.05, 0) is 54.7 Å². The number of Topliss-reactive ketones (excluding diaryl/α,β-unsaturated/α-hetero) is 1. The van der Waals surface area contributed by atoms with Crippen LogP contribution in [0.15, 0.2) is 77.7 Å². The lowest BCUT2D eigenvalue weighted by molar-refractivity contribution is -0.127.